The number of nitrogens with zero attached hydrogens (tertiary/aromatic N) is 1. The maximum Gasteiger partial charge on any atom is 0.0278 e. The lowest BCUT2D eigenvalue weighted by Crippen LogP contribution is -1.86. The zero-order chi connectivity index (χ0) is 7.61. The summed E-state index contributed by atoms with van der Waals surface area (Å²) in [6.45, 7) is 0. The molecule has 0 radical (unpaired) electrons. The van der Waals surface area contributed by atoms with E-state index in [4.69, 9.17) is 0 Å². The minimum absolute atomic E-state index is 0.848. The Balaban J connectivity index is 2.97. The Morgan fingerprint density at radius 2 is 1.80 bits per heavy atom. The SMILES string of the molecule is CS(C)(S)c1ccncc1. The van der Waals surface area contributed by atoms with Gasteiger partial charge in [0.25, 0.3) is 0 Å². The number of hydrogen-bond acceptors (Lipinski definition) is 2. The fraction of sp³-hybridized carbons (Fsp3) is 0.286. The molecule has 1 heterocycles. The van der Waals surface area contributed by atoms with Crippen LogP contribution >= 0.6 is 20.7 Å². The van der Waals surface area contributed by atoms with Gasteiger partial charge in [-0.05, 0) is 24.6 Å². The molecule has 0 saturated carbocycles. The first-order chi connectivity index (χ1) is 4.61. The number of thiol groups is 1. The second kappa shape index (κ2) is 2.84. The van der Waals surface area contributed by atoms with Gasteiger partial charge in [0.1, 0.15) is 0 Å². The normalized spacial score (nSPS) is 13.1. The van der Waals surface area contributed by atoms with Gasteiger partial charge in [0.15, 0.2) is 0 Å². The van der Waals surface area contributed by atoms with Crippen LogP contribution in [0.1, 0.15) is 0 Å². The van der Waals surface area contributed by atoms with Crippen LogP contribution in [0.3, 0.4) is 0 Å². The third kappa shape index (κ3) is 1.92. The van der Waals surface area contributed by atoms with Crippen molar-refractivity contribution < 1.29 is 0 Å². The molecule has 0 amide bonds. The van der Waals surface area contributed by atoms with Crippen molar-refractivity contribution in [3.63, 3.8) is 0 Å². The molecule has 0 spiro atoms. The van der Waals surface area contributed by atoms with Crippen LogP contribution in [-0.4, -0.2) is 17.5 Å². The average Bonchev–Trinajstić information content (AvgIpc) is 1.88. The minimum atomic E-state index is -0.848. The molecular formula is C7H11NS2. The maximum atomic E-state index is 4.50. The Morgan fingerprint density at radius 1 is 1.30 bits per heavy atom. The lowest BCUT2D eigenvalue weighted by Gasteiger charge is -2.23. The smallest absolute Gasteiger partial charge is 0.0278 e. The van der Waals surface area contributed by atoms with Gasteiger partial charge in [0.2, 0.25) is 0 Å². The Labute approximate surface area is 68.0 Å². The third-order valence-electron chi connectivity index (χ3n) is 1.23. The van der Waals surface area contributed by atoms with Gasteiger partial charge in [-0.1, -0.05) is 0 Å². The summed E-state index contributed by atoms with van der Waals surface area (Å²) in [5, 5.41) is 0. The zero-order valence-corrected chi connectivity index (χ0v) is 7.82. The van der Waals surface area contributed by atoms with Gasteiger partial charge in [0, 0.05) is 17.3 Å². The molecule has 56 valence electrons. The molecule has 1 aromatic rings. The molecule has 0 N–H and O–H groups in total. The van der Waals surface area contributed by atoms with Crippen LogP contribution in [0.25, 0.3) is 0 Å². The van der Waals surface area contributed by atoms with Gasteiger partial charge in [-0.15, -0.1) is 11.7 Å². The molecule has 0 aliphatic carbocycles. The zero-order valence-electron chi connectivity index (χ0n) is 6.11. The second-order valence-corrected chi connectivity index (χ2v) is 8.21. The van der Waals surface area contributed by atoms with Gasteiger partial charge < -0.3 is 0 Å². The maximum absolute atomic E-state index is 4.50. The Morgan fingerprint density at radius 3 is 2.10 bits per heavy atom. The minimum Gasteiger partial charge on any atom is -0.265 e. The molecule has 0 aliphatic heterocycles. The molecule has 0 saturated heterocycles. The van der Waals surface area contributed by atoms with Crippen LogP contribution in [0.15, 0.2) is 29.4 Å². The van der Waals surface area contributed by atoms with Crippen molar-refractivity contribution in [2.75, 3.05) is 12.5 Å². The molecule has 0 aliphatic rings. The Bertz CT molecular complexity index is 203. The standard InChI is InChI=1S/C7H11NS2/c1-10(2,9)7-3-5-8-6-4-7/h3-6,9H,1-2H3. The summed E-state index contributed by atoms with van der Waals surface area (Å²) < 4.78 is 0. The average molecular weight is 173 g/mol. The van der Waals surface area contributed by atoms with E-state index in [0.29, 0.717) is 0 Å². The van der Waals surface area contributed by atoms with Gasteiger partial charge in [-0.25, -0.2) is 0 Å². The van der Waals surface area contributed by atoms with E-state index in [1.54, 1.807) is 12.4 Å². The largest absolute Gasteiger partial charge is 0.265 e. The lowest BCUT2D eigenvalue weighted by molar-refractivity contribution is 1.26. The highest BCUT2D eigenvalue weighted by Crippen LogP contribution is 2.52. The van der Waals surface area contributed by atoms with Crippen LogP contribution in [0.4, 0.5) is 0 Å². The first kappa shape index (κ1) is 7.95. The predicted octanol–water partition coefficient (Wildman–Crippen LogP) is 2.35. The molecule has 1 aromatic heterocycles. The molecule has 0 bridgehead atoms. The molecular weight excluding hydrogens is 162 g/mol. The highest BCUT2D eigenvalue weighted by atomic mass is 33.1. The van der Waals surface area contributed by atoms with Gasteiger partial charge in [-0.3, -0.25) is 4.98 Å². The summed E-state index contributed by atoms with van der Waals surface area (Å²) in [4.78, 5) is 5.22. The molecule has 10 heavy (non-hydrogen) atoms. The molecule has 1 rings (SSSR count). The van der Waals surface area contributed by atoms with Crippen LogP contribution in [-0.2, 0) is 0 Å². The van der Waals surface area contributed by atoms with Crippen molar-refractivity contribution in [2.24, 2.45) is 0 Å². The fourth-order valence-electron chi connectivity index (χ4n) is 0.671. The summed E-state index contributed by atoms with van der Waals surface area (Å²) in [5.74, 6) is 0. The molecule has 0 unspecified atom stereocenters. The van der Waals surface area contributed by atoms with E-state index in [9.17, 15) is 0 Å². The van der Waals surface area contributed by atoms with Crippen molar-refractivity contribution >= 4 is 20.7 Å². The number of aromatic nitrogens is 1. The van der Waals surface area contributed by atoms with E-state index < -0.39 is 9.06 Å². The van der Waals surface area contributed by atoms with Crippen molar-refractivity contribution in [3.8, 4) is 0 Å². The number of rotatable bonds is 1. The van der Waals surface area contributed by atoms with Crippen molar-refractivity contribution in [1.29, 1.82) is 0 Å². The van der Waals surface area contributed by atoms with Crippen molar-refractivity contribution in [3.05, 3.63) is 24.5 Å². The van der Waals surface area contributed by atoms with E-state index >= 15 is 0 Å². The molecule has 0 aromatic carbocycles. The monoisotopic (exact) mass is 173 g/mol. The summed E-state index contributed by atoms with van der Waals surface area (Å²) in [7, 11) is -0.848. The second-order valence-electron chi connectivity index (χ2n) is 2.46. The summed E-state index contributed by atoms with van der Waals surface area (Å²) in [6, 6.07) is 4.03. The van der Waals surface area contributed by atoms with Crippen molar-refractivity contribution in [1.82, 2.24) is 4.98 Å². The Hall–Kier alpha value is -0.150. The van der Waals surface area contributed by atoms with Crippen LogP contribution in [0, 0.1) is 0 Å². The molecule has 0 atom stereocenters. The van der Waals surface area contributed by atoms with E-state index in [2.05, 4.69) is 29.2 Å². The van der Waals surface area contributed by atoms with Crippen LogP contribution in [0.5, 0.6) is 0 Å². The first-order valence-electron chi connectivity index (χ1n) is 2.96. The molecule has 3 heteroatoms. The van der Waals surface area contributed by atoms with Crippen molar-refractivity contribution in [2.45, 2.75) is 4.90 Å². The fourth-order valence-corrected chi connectivity index (χ4v) is 1.82. The quantitative estimate of drug-likeness (QED) is 0.508. The molecule has 0 fully saturated rings. The van der Waals surface area contributed by atoms with E-state index in [1.807, 2.05) is 12.1 Å². The van der Waals surface area contributed by atoms with Gasteiger partial charge in [-0.2, -0.15) is 9.06 Å². The Kier molecular flexibility index (Phi) is 2.26. The molecule has 1 nitrogen and oxygen atoms in total. The summed E-state index contributed by atoms with van der Waals surface area (Å²) in [5.41, 5.74) is 0. The third-order valence-corrected chi connectivity index (χ3v) is 3.28. The highest BCUT2D eigenvalue weighted by Gasteiger charge is 2.06. The highest BCUT2D eigenvalue weighted by molar-refractivity contribution is 8.87. The van der Waals surface area contributed by atoms with Gasteiger partial charge in [0.05, 0.1) is 0 Å². The predicted molar refractivity (Wildman–Crippen MR) is 50.9 cm³/mol. The van der Waals surface area contributed by atoms with E-state index in [1.165, 1.54) is 4.90 Å². The number of hydrogen-bond donors (Lipinski definition) is 1. The van der Waals surface area contributed by atoms with Crippen LogP contribution < -0.4 is 0 Å². The summed E-state index contributed by atoms with van der Waals surface area (Å²) >= 11 is 4.50. The van der Waals surface area contributed by atoms with Crippen LogP contribution in [0.2, 0.25) is 0 Å². The summed E-state index contributed by atoms with van der Waals surface area (Å²) in [6.07, 6.45) is 7.90. The topological polar surface area (TPSA) is 12.9 Å². The van der Waals surface area contributed by atoms with Gasteiger partial charge >= 0.3 is 0 Å². The lowest BCUT2D eigenvalue weighted by atomic mass is 10.5. The van der Waals surface area contributed by atoms with E-state index in [-0.39, 0.29) is 0 Å². The first-order valence-corrected chi connectivity index (χ1v) is 6.47. The number of pyridine rings is 1. The van der Waals surface area contributed by atoms with E-state index in [0.717, 1.165) is 0 Å².